The quantitative estimate of drug-likeness (QED) is 0.877. The lowest BCUT2D eigenvalue weighted by atomic mass is 10.1. The highest BCUT2D eigenvalue weighted by Gasteiger charge is 2.08. The van der Waals surface area contributed by atoms with E-state index in [4.69, 9.17) is 4.74 Å². The number of hydrogen-bond donors (Lipinski definition) is 1. The minimum Gasteiger partial charge on any atom is -0.491 e. The Balaban J connectivity index is 2.10. The lowest BCUT2D eigenvalue weighted by molar-refractivity contribution is 0.242. The van der Waals surface area contributed by atoms with E-state index >= 15 is 0 Å². The zero-order valence-corrected chi connectivity index (χ0v) is 12.6. The van der Waals surface area contributed by atoms with Gasteiger partial charge in [0.25, 0.3) is 0 Å². The first-order chi connectivity index (χ1) is 9.56. The number of nitrogens with zero attached hydrogens (tertiary/aromatic N) is 1. The Kier molecular flexibility index (Phi) is 4.61. The normalized spacial score (nSPS) is 12.2. The molecule has 1 atom stereocenters. The molecule has 0 aliphatic rings. The van der Waals surface area contributed by atoms with Crippen molar-refractivity contribution in [3.05, 3.63) is 53.9 Å². The van der Waals surface area contributed by atoms with Crippen molar-refractivity contribution in [3.63, 3.8) is 0 Å². The predicted molar refractivity (Wildman–Crippen MR) is 83.2 cm³/mol. The summed E-state index contributed by atoms with van der Waals surface area (Å²) in [6, 6.07) is 12.3. The average Bonchev–Trinajstić information content (AvgIpc) is 2.42. The van der Waals surface area contributed by atoms with Gasteiger partial charge in [0.1, 0.15) is 5.75 Å². The van der Waals surface area contributed by atoms with E-state index in [9.17, 15) is 0 Å². The van der Waals surface area contributed by atoms with Crippen LogP contribution in [0.5, 0.6) is 5.75 Å². The molecule has 0 fully saturated rings. The summed E-state index contributed by atoms with van der Waals surface area (Å²) in [6.07, 6.45) is 2.01. The highest BCUT2D eigenvalue weighted by atomic mass is 16.5. The first-order valence-corrected chi connectivity index (χ1v) is 7.01. The van der Waals surface area contributed by atoms with E-state index in [0.717, 1.165) is 17.1 Å². The van der Waals surface area contributed by atoms with Gasteiger partial charge in [0.05, 0.1) is 17.8 Å². The second-order valence-corrected chi connectivity index (χ2v) is 5.26. The van der Waals surface area contributed by atoms with Gasteiger partial charge in [-0.15, -0.1) is 0 Å². The second-order valence-electron chi connectivity index (χ2n) is 5.26. The van der Waals surface area contributed by atoms with Crippen LogP contribution in [0, 0.1) is 6.92 Å². The van der Waals surface area contributed by atoms with Crippen LogP contribution in [0.15, 0.2) is 42.6 Å². The van der Waals surface area contributed by atoms with Crippen molar-refractivity contribution in [1.29, 1.82) is 0 Å². The number of aromatic nitrogens is 1. The molecule has 1 N–H and O–H groups in total. The minimum absolute atomic E-state index is 0.173. The van der Waals surface area contributed by atoms with Crippen LogP contribution >= 0.6 is 0 Å². The lowest BCUT2D eigenvalue weighted by Crippen LogP contribution is -2.10. The van der Waals surface area contributed by atoms with Gasteiger partial charge < -0.3 is 10.1 Å². The zero-order chi connectivity index (χ0) is 14.5. The van der Waals surface area contributed by atoms with Gasteiger partial charge in [-0.05, 0) is 63.6 Å². The van der Waals surface area contributed by atoms with Gasteiger partial charge in [-0.1, -0.05) is 6.07 Å². The Morgan fingerprint density at radius 2 is 1.90 bits per heavy atom. The van der Waals surface area contributed by atoms with Crippen molar-refractivity contribution in [3.8, 4) is 5.75 Å². The van der Waals surface area contributed by atoms with Gasteiger partial charge in [0, 0.05) is 11.9 Å². The number of hydrogen-bond acceptors (Lipinski definition) is 3. The third-order valence-corrected chi connectivity index (χ3v) is 3.07. The minimum atomic E-state index is 0.173. The molecule has 0 bridgehead atoms. The van der Waals surface area contributed by atoms with Crippen molar-refractivity contribution in [2.45, 2.75) is 39.8 Å². The van der Waals surface area contributed by atoms with Crippen LogP contribution < -0.4 is 10.1 Å². The first kappa shape index (κ1) is 14.4. The van der Waals surface area contributed by atoms with E-state index < -0.39 is 0 Å². The Hall–Kier alpha value is -2.03. The molecule has 0 saturated carbocycles. The summed E-state index contributed by atoms with van der Waals surface area (Å²) in [5.41, 5.74) is 3.32. The van der Waals surface area contributed by atoms with Crippen LogP contribution in [0.4, 0.5) is 5.69 Å². The molecule has 106 valence electrons. The predicted octanol–water partition coefficient (Wildman–Crippen LogP) is 4.35. The SMILES string of the molecule is Cc1cc(OC(C)C)ccc1NC(C)c1ccccn1. The Morgan fingerprint density at radius 3 is 2.50 bits per heavy atom. The summed E-state index contributed by atoms with van der Waals surface area (Å²) in [5.74, 6) is 0.911. The molecule has 1 heterocycles. The molecule has 1 aromatic heterocycles. The maximum absolute atomic E-state index is 5.70. The van der Waals surface area contributed by atoms with E-state index in [-0.39, 0.29) is 12.1 Å². The topological polar surface area (TPSA) is 34.1 Å². The zero-order valence-electron chi connectivity index (χ0n) is 12.6. The number of benzene rings is 1. The van der Waals surface area contributed by atoms with E-state index in [0.29, 0.717) is 0 Å². The van der Waals surface area contributed by atoms with Crippen LogP contribution in [-0.2, 0) is 0 Å². The van der Waals surface area contributed by atoms with Crippen LogP contribution in [0.25, 0.3) is 0 Å². The van der Waals surface area contributed by atoms with E-state index in [1.54, 1.807) is 0 Å². The summed E-state index contributed by atoms with van der Waals surface area (Å²) in [7, 11) is 0. The Bertz CT molecular complexity index is 552. The molecule has 1 aromatic carbocycles. The van der Waals surface area contributed by atoms with Crippen molar-refractivity contribution in [2.24, 2.45) is 0 Å². The third-order valence-electron chi connectivity index (χ3n) is 3.07. The molecule has 0 spiro atoms. The van der Waals surface area contributed by atoms with Gasteiger partial charge in [0.2, 0.25) is 0 Å². The number of rotatable bonds is 5. The standard InChI is InChI=1S/C17H22N2O/c1-12(2)20-15-8-9-16(13(3)11-15)19-14(4)17-7-5-6-10-18-17/h5-12,14,19H,1-4H3. The third kappa shape index (κ3) is 3.73. The smallest absolute Gasteiger partial charge is 0.120 e. The molecule has 20 heavy (non-hydrogen) atoms. The van der Waals surface area contributed by atoms with Gasteiger partial charge in [-0.2, -0.15) is 0 Å². The van der Waals surface area contributed by atoms with Crippen molar-refractivity contribution < 1.29 is 4.74 Å². The molecule has 3 nitrogen and oxygen atoms in total. The van der Waals surface area contributed by atoms with Gasteiger partial charge in [-0.3, -0.25) is 4.98 Å². The Morgan fingerprint density at radius 1 is 1.10 bits per heavy atom. The summed E-state index contributed by atoms with van der Waals surface area (Å²) in [6.45, 7) is 8.26. The average molecular weight is 270 g/mol. The fraction of sp³-hybridized carbons (Fsp3) is 0.353. The van der Waals surface area contributed by atoms with Crippen LogP contribution in [-0.4, -0.2) is 11.1 Å². The fourth-order valence-electron chi connectivity index (χ4n) is 2.08. The summed E-state index contributed by atoms with van der Waals surface area (Å²) >= 11 is 0. The van der Waals surface area contributed by atoms with Gasteiger partial charge in [0.15, 0.2) is 0 Å². The number of anilines is 1. The highest BCUT2D eigenvalue weighted by Crippen LogP contribution is 2.25. The van der Waals surface area contributed by atoms with Crippen molar-refractivity contribution >= 4 is 5.69 Å². The molecule has 0 saturated heterocycles. The van der Waals surface area contributed by atoms with Crippen LogP contribution in [0.1, 0.15) is 38.1 Å². The van der Waals surface area contributed by atoms with Crippen LogP contribution in [0.2, 0.25) is 0 Å². The van der Waals surface area contributed by atoms with Crippen LogP contribution in [0.3, 0.4) is 0 Å². The highest BCUT2D eigenvalue weighted by molar-refractivity contribution is 5.54. The Labute approximate surface area is 121 Å². The first-order valence-electron chi connectivity index (χ1n) is 7.01. The summed E-state index contributed by atoms with van der Waals surface area (Å²) in [5, 5.41) is 3.49. The maximum atomic E-state index is 5.70. The molecule has 2 aromatic rings. The molecule has 1 unspecified atom stereocenters. The molecule has 0 amide bonds. The molecule has 0 aliphatic carbocycles. The molecule has 0 aliphatic heterocycles. The van der Waals surface area contributed by atoms with Crippen molar-refractivity contribution in [1.82, 2.24) is 4.98 Å². The molecular weight excluding hydrogens is 248 g/mol. The number of nitrogens with one attached hydrogen (secondary N) is 1. The van der Waals surface area contributed by atoms with E-state index in [2.05, 4.69) is 36.3 Å². The lowest BCUT2D eigenvalue weighted by Gasteiger charge is -2.18. The fourth-order valence-corrected chi connectivity index (χ4v) is 2.08. The largest absolute Gasteiger partial charge is 0.491 e. The summed E-state index contributed by atoms with van der Waals surface area (Å²) in [4.78, 5) is 4.37. The molecular formula is C17H22N2O. The molecule has 2 rings (SSSR count). The number of pyridine rings is 1. The van der Waals surface area contributed by atoms with E-state index in [1.165, 1.54) is 5.56 Å². The number of aryl methyl sites for hydroxylation is 1. The van der Waals surface area contributed by atoms with E-state index in [1.807, 2.05) is 44.3 Å². The van der Waals surface area contributed by atoms with Gasteiger partial charge in [-0.25, -0.2) is 0 Å². The van der Waals surface area contributed by atoms with Crippen molar-refractivity contribution in [2.75, 3.05) is 5.32 Å². The van der Waals surface area contributed by atoms with Gasteiger partial charge >= 0.3 is 0 Å². The second kappa shape index (κ2) is 6.42. The number of ether oxygens (including phenoxy) is 1. The molecule has 0 radical (unpaired) electrons. The monoisotopic (exact) mass is 270 g/mol. The summed E-state index contributed by atoms with van der Waals surface area (Å²) < 4.78 is 5.70. The molecule has 3 heteroatoms. The maximum Gasteiger partial charge on any atom is 0.120 e.